The molecule has 100 valence electrons. The lowest BCUT2D eigenvalue weighted by Gasteiger charge is -2.21. The molecule has 0 fully saturated rings. The second-order valence-electron chi connectivity index (χ2n) is 5.17. The zero-order valence-electron chi connectivity index (χ0n) is 11.4. The number of benzene rings is 2. The molecular weight excluding hydrogens is 282 g/mol. The molecule has 0 aliphatic rings. The summed E-state index contributed by atoms with van der Waals surface area (Å²) in [5.41, 5.74) is 3.37. The molecule has 2 rings (SSSR count). The zero-order chi connectivity index (χ0) is 14.8. The van der Waals surface area contributed by atoms with Crippen LogP contribution in [0.1, 0.15) is 25.0 Å². The quantitative estimate of drug-likeness (QED) is 0.652. The Hall–Kier alpha value is -1.63. The van der Waals surface area contributed by atoms with E-state index in [0.29, 0.717) is 4.20 Å². The molecule has 0 heterocycles. The van der Waals surface area contributed by atoms with Crippen molar-refractivity contribution in [2.75, 3.05) is 0 Å². The molecule has 0 saturated carbocycles. The minimum absolute atomic E-state index is 0.517. The maximum atomic E-state index is 9.40. The van der Waals surface area contributed by atoms with E-state index in [2.05, 4.69) is 30.8 Å². The van der Waals surface area contributed by atoms with Crippen LogP contribution in [0.5, 0.6) is 0 Å². The van der Waals surface area contributed by atoms with Crippen LogP contribution in [-0.2, 0) is 5.41 Å². The van der Waals surface area contributed by atoms with Gasteiger partial charge >= 0.3 is 0 Å². The average molecular weight is 297 g/mol. The van der Waals surface area contributed by atoms with Gasteiger partial charge in [0.1, 0.15) is 0 Å². The second-order valence-corrected chi connectivity index (χ2v) is 6.33. The van der Waals surface area contributed by atoms with Crippen molar-refractivity contribution in [2.45, 2.75) is 19.3 Å². The van der Waals surface area contributed by atoms with E-state index in [-0.39, 0.29) is 0 Å². The monoisotopic (exact) mass is 297 g/mol. The van der Waals surface area contributed by atoms with E-state index in [1.165, 1.54) is 0 Å². The summed E-state index contributed by atoms with van der Waals surface area (Å²) in [6.45, 7) is 3.79. The number of thiocarbonyl (C=S) groups is 1. The van der Waals surface area contributed by atoms with Crippen molar-refractivity contribution in [3.8, 4) is 17.2 Å². The first-order valence-electron chi connectivity index (χ1n) is 6.30. The molecule has 0 unspecified atom stereocenters. The highest BCUT2D eigenvalue weighted by Gasteiger charge is 2.24. The summed E-state index contributed by atoms with van der Waals surface area (Å²) < 4.78 is 0.517. The molecule has 0 saturated heterocycles. The first kappa shape index (κ1) is 14.8. The van der Waals surface area contributed by atoms with Gasteiger partial charge in [0.2, 0.25) is 0 Å². The number of thiol groups is 1. The SMILES string of the molecule is CC(C)(C#N)c1cc(-c2ccccc2)ccc1C(=S)S. The van der Waals surface area contributed by atoms with Crippen molar-refractivity contribution in [3.05, 3.63) is 59.7 Å². The van der Waals surface area contributed by atoms with Gasteiger partial charge in [-0.2, -0.15) is 5.26 Å². The molecule has 3 heteroatoms. The Bertz CT molecular complexity index is 682. The third kappa shape index (κ3) is 2.92. The van der Waals surface area contributed by atoms with Crippen LogP contribution in [0.4, 0.5) is 0 Å². The minimum Gasteiger partial charge on any atom is -0.197 e. The number of hydrogen-bond acceptors (Lipinski definition) is 2. The standard InChI is InChI=1S/C17H15NS2/c1-17(2,11-18)15-10-13(8-9-14(15)16(19)20)12-6-4-3-5-7-12/h3-10H,1-2H3,(H,19,20). The largest absolute Gasteiger partial charge is 0.197 e. The average Bonchev–Trinajstić information content (AvgIpc) is 2.47. The Morgan fingerprint density at radius 3 is 2.30 bits per heavy atom. The molecule has 0 bridgehead atoms. The minimum atomic E-state index is -0.604. The molecule has 1 nitrogen and oxygen atoms in total. The fourth-order valence-electron chi connectivity index (χ4n) is 2.12. The summed E-state index contributed by atoms with van der Waals surface area (Å²) in [6, 6.07) is 18.4. The van der Waals surface area contributed by atoms with Gasteiger partial charge in [0.25, 0.3) is 0 Å². The lowest BCUT2D eigenvalue weighted by atomic mass is 9.82. The van der Waals surface area contributed by atoms with E-state index in [0.717, 1.165) is 22.3 Å². The van der Waals surface area contributed by atoms with E-state index < -0.39 is 5.41 Å². The predicted molar refractivity (Wildman–Crippen MR) is 91.2 cm³/mol. The highest BCUT2D eigenvalue weighted by Crippen LogP contribution is 2.31. The highest BCUT2D eigenvalue weighted by molar-refractivity contribution is 8.11. The highest BCUT2D eigenvalue weighted by atomic mass is 32.1. The van der Waals surface area contributed by atoms with Crippen LogP contribution >= 0.6 is 24.8 Å². The van der Waals surface area contributed by atoms with Crippen molar-refractivity contribution in [2.24, 2.45) is 0 Å². The Morgan fingerprint density at radius 2 is 1.75 bits per heavy atom. The van der Waals surface area contributed by atoms with E-state index in [4.69, 9.17) is 12.2 Å². The van der Waals surface area contributed by atoms with Crippen LogP contribution in [0.3, 0.4) is 0 Å². The molecule has 20 heavy (non-hydrogen) atoms. The summed E-state index contributed by atoms with van der Waals surface area (Å²) in [5.74, 6) is 0. The molecule has 0 radical (unpaired) electrons. The van der Waals surface area contributed by atoms with E-state index in [1.54, 1.807) is 0 Å². The molecule has 0 aliphatic carbocycles. The van der Waals surface area contributed by atoms with Crippen LogP contribution in [0.15, 0.2) is 48.5 Å². The van der Waals surface area contributed by atoms with Crippen molar-refractivity contribution in [1.82, 2.24) is 0 Å². The molecule has 0 spiro atoms. The molecule has 0 amide bonds. The smallest absolute Gasteiger partial charge is 0.0772 e. The van der Waals surface area contributed by atoms with Crippen LogP contribution in [0.2, 0.25) is 0 Å². The Balaban J connectivity index is 2.64. The van der Waals surface area contributed by atoms with Gasteiger partial charge in [-0.05, 0) is 36.6 Å². The predicted octanol–water partition coefficient (Wildman–Crippen LogP) is 4.76. The number of nitrogens with zero attached hydrogens (tertiary/aromatic N) is 1. The van der Waals surface area contributed by atoms with Crippen LogP contribution in [0, 0.1) is 11.3 Å². The molecule has 2 aromatic rings. The number of nitriles is 1. The Labute approximate surface area is 130 Å². The zero-order valence-corrected chi connectivity index (χ0v) is 13.1. The van der Waals surface area contributed by atoms with E-state index in [9.17, 15) is 5.26 Å². The van der Waals surface area contributed by atoms with Gasteiger partial charge in [-0.3, -0.25) is 0 Å². The summed E-state index contributed by atoms with van der Waals surface area (Å²) in [7, 11) is 0. The molecule has 0 aliphatic heterocycles. The van der Waals surface area contributed by atoms with Crippen molar-refractivity contribution in [1.29, 1.82) is 5.26 Å². The van der Waals surface area contributed by atoms with Gasteiger partial charge < -0.3 is 0 Å². The third-order valence-corrected chi connectivity index (χ3v) is 3.77. The fraction of sp³-hybridized carbons (Fsp3) is 0.176. The fourth-order valence-corrected chi connectivity index (χ4v) is 2.49. The van der Waals surface area contributed by atoms with Gasteiger partial charge in [-0.1, -0.05) is 54.7 Å². The van der Waals surface area contributed by atoms with Crippen molar-refractivity contribution >= 4 is 29.0 Å². The molecular formula is C17H15NS2. The van der Waals surface area contributed by atoms with Crippen molar-refractivity contribution in [3.63, 3.8) is 0 Å². The van der Waals surface area contributed by atoms with Gasteiger partial charge in [0, 0.05) is 5.56 Å². The molecule has 0 atom stereocenters. The maximum Gasteiger partial charge on any atom is 0.0772 e. The van der Waals surface area contributed by atoms with Crippen molar-refractivity contribution < 1.29 is 0 Å². The molecule has 0 N–H and O–H groups in total. The normalized spacial score (nSPS) is 10.9. The van der Waals surface area contributed by atoms with Gasteiger partial charge in [-0.15, -0.1) is 12.6 Å². The Morgan fingerprint density at radius 1 is 1.10 bits per heavy atom. The maximum absolute atomic E-state index is 9.40. The summed E-state index contributed by atoms with van der Waals surface area (Å²) in [6.07, 6.45) is 0. The lowest BCUT2D eigenvalue weighted by Crippen LogP contribution is -2.17. The van der Waals surface area contributed by atoms with E-state index >= 15 is 0 Å². The first-order chi connectivity index (χ1) is 9.45. The number of rotatable bonds is 3. The van der Waals surface area contributed by atoms with Gasteiger partial charge in [0.05, 0.1) is 15.7 Å². The number of hydrogen-bond donors (Lipinski definition) is 1. The van der Waals surface area contributed by atoms with Gasteiger partial charge in [-0.25, -0.2) is 0 Å². The van der Waals surface area contributed by atoms with Crippen LogP contribution in [0.25, 0.3) is 11.1 Å². The lowest BCUT2D eigenvalue weighted by molar-refractivity contribution is 0.686. The topological polar surface area (TPSA) is 23.8 Å². The molecule has 0 aromatic heterocycles. The third-order valence-electron chi connectivity index (χ3n) is 3.31. The van der Waals surface area contributed by atoms with Crippen LogP contribution < -0.4 is 0 Å². The van der Waals surface area contributed by atoms with Crippen LogP contribution in [-0.4, -0.2) is 4.20 Å². The summed E-state index contributed by atoms with van der Waals surface area (Å²) >= 11 is 9.45. The second kappa shape index (κ2) is 5.78. The van der Waals surface area contributed by atoms with Gasteiger partial charge in [0.15, 0.2) is 0 Å². The summed E-state index contributed by atoms with van der Waals surface area (Å²) in [4.78, 5) is 0. The summed E-state index contributed by atoms with van der Waals surface area (Å²) in [5, 5.41) is 9.40. The Kier molecular flexibility index (Phi) is 4.27. The first-order valence-corrected chi connectivity index (χ1v) is 7.16. The van der Waals surface area contributed by atoms with E-state index in [1.807, 2.05) is 50.2 Å². The molecule has 2 aromatic carbocycles.